The molecule has 0 aliphatic rings. The number of pyridine rings is 1. The van der Waals surface area contributed by atoms with Gasteiger partial charge < -0.3 is 14.6 Å². The molecule has 0 saturated carbocycles. The molecule has 2 N–H and O–H groups in total. The fourth-order valence-corrected chi connectivity index (χ4v) is 6.20. The highest BCUT2D eigenvalue weighted by molar-refractivity contribution is 7.89. The number of likely N-dealkylation sites (N-methyl/N-ethyl adjacent to an activating group) is 1. The van der Waals surface area contributed by atoms with Crippen LogP contribution in [0.15, 0.2) is 81.8 Å². The van der Waals surface area contributed by atoms with Crippen molar-refractivity contribution in [3.05, 3.63) is 92.9 Å². The number of unbranched alkanes of at least 4 members (excludes halogenated alkanes) is 2. The lowest BCUT2D eigenvalue weighted by Gasteiger charge is -2.28. The fourth-order valence-electron chi connectivity index (χ4n) is 4.27. The Kier molecular flexibility index (Phi) is 9.55. The number of H-pyrrole nitrogens is 1. The minimum absolute atomic E-state index is 0.0116. The third-order valence-corrected chi connectivity index (χ3v) is 8.66. The Bertz CT molecular complexity index is 1570. The van der Waals surface area contributed by atoms with Crippen molar-refractivity contribution in [1.29, 1.82) is 0 Å². The molecule has 4 aromatic rings. The van der Waals surface area contributed by atoms with Gasteiger partial charge in [-0.3, -0.25) is 9.59 Å². The number of thiophene rings is 1. The van der Waals surface area contributed by atoms with Gasteiger partial charge in [0.15, 0.2) is 0 Å². The largest absolute Gasteiger partial charge is 0.493 e. The summed E-state index contributed by atoms with van der Waals surface area (Å²) < 4.78 is 36.1. The first kappa shape index (κ1) is 28.5. The molecule has 8 nitrogen and oxygen atoms in total. The van der Waals surface area contributed by atoms with Crippen LogP contribution < -0.4 is 15.0 Å². The van der Waals surface area contributed by atoms with Gasteiger partial charge >= 0.3 is 0 Å². The predicted molar refractivity (Wildman–Crippen MR) is 155 cm³/mol. The Balaban J connectivity index is 1.71. The van der Waals surface area contributed by atoms with E-state index in [-0.39, 0.29) is 16.4 Å². The molecule has 0 aliphatic heterocycles. The van der Waals surface area contributed by atoms with Gasteiger partial charge in [-0.2, -0.15) is 4.72 Å². The standard InChI is InChI=1S/C29H33N3O5S2/c1-3-5-8-17-37-26-12-7-6-11-24(26)28(29(34)32(4-2)20-22-10-9-18-38-22)31-39(35,36)23-14-15-25-21(19-23)13-16-27(33)30-25/h6-7,9-16,18-19,28,31H,3-5,8,17,20H2,1-2H3,(H,30,33)/t28-/m1/s1. The van der Waals surface area contributed by atoms with Crippen LogP contribution in [-0.2, 0) is 21.4 Å². The minimum atomic E-state index is -4.15. The first-order valence-corrected chi connectivity index (χ1v) is 15.4. The molecule has 0 unspecified atom stereocenters. The molecule has 206 valence electrons. The number of aromatic nitrogens is 1. The Labute approximate surface area is 232 Å². The van der Waals surface area contributed by atoms with E-state index in [1.807, 2.05) is 30.5 Å². The van der Waals surface area contributed by atoms with Crippen molar-refractivity contribution < 1.29 is 17.9 Å². The summed E-state index contributed by atoms with van der Waals surface area (Å²) in [5, 5.41) is 2.51. The molecule has 39 heavy (non-hydrogen) atoms. The van der Waals surface area contributed by atoms with E-state index in [2.05, 4.69) is 16.6 Å². The molecule has 1 atom stereocenters. The number of hydrogen-bond acceptors (Lipinski definition) is 6. The molecule has 4 rings (SSSR count). The zero-order valence-electron chi connectivity index (χ0n) is 22.1. The van der Waals surface area contributed by atoms with Crippen LogP contribution in [0.1, 0.15) is 49.6 Å². The van der Waals surface area contributed by atoms with Crippen LogP contribution in [-0.4, -0.2) is 37.4 Å². The van der Waals surface area contributed by atoms with Gasteiger partial charge in [-0.1, -0.05) is 44.0 Å². The number of hydrogen-bond donors (Lipinski definition) is 2. The van der Waals surface area contributed by atoms with E-state index in [9.17, 15) is 18.0 Å². The fraction of sp³-hybridized carbons (Fsp3) is 0.310. The maximum Gasteiger partial charge on any atom is 0.248 e. The van der Waals surface area contributed by atoms with Gasteiger partial charge in [0.2, 0.25) is 21.5 Å². The molecule has 0 aliphatic carbocycles. The average Bonchev–Trinajstić information content (AvgIpc) is 3.46. The molecule has 0 spiro atoms. The van der Waals surface area contributed by atoms with Crippen LogP contribution >= 0.6 is 11.3 Å². The van der Waals surface area contributed by atoms with Crippen molar-refractivity contribution in [1.82, 2.24) is 14.6 Å². The van der Waals surface area contributed by atoms with E-state index in [1.54, 1.807) is 46.6 Å². The summed E-state index contributed by atoms with van der Waals surface area (Å²) in [5.41, 5.74) is 0.702. The average molecular weight is 568 g/mol. The van der Waals surface area contributed by atoms with E-state index in [1.165, 1.54) is 18.2 Å². The number of fused-ring (bicyclic) bond motifs is 1. The number of carbonyl (C=O) groups is 1. The molecule has 2 aromatic heterocycles. The smallest absolute Gasteiger partial charge is 0.248 e. The lowest BCUT2D eigenvalue weighted by Crippen LogP contribution is -2.42. The Hall–Kier alpha value is -3.47. The van der Waals surface area contributed by atoms with Crippen molar-refractivity contribution in [3.8, 4) is 5.75 Å². The Morgan fingerprint density at radius 1 is 1.05 bits per heavy atom. The summed E-state index contributed by atoms with van der Waals surface area (Å²) in [5.74, 6) is 0.0992. The number of nitrogens with zero attached hydrogens (tertiary/aromatic N) is 1. The monoisotopic (exact) mass is 567 g/mol. The van der Waals surface area contributed by atoms with Gasteiger partial charge in [-0.15, -0.1) is 11.3 Å². The topological polar surface area (TPSA) is 109 Å². The molecule has 0 radical (unpaired) electrons. The lowest BCUT2D eigenvalue weighted by atomic mass is 10.0. The highest BCUT2D eigenvalue weighted by Gasteiger charge is 2.32. The number of nitrogens with one attached hydrogen (secondary N) is 2. The molecule has 2 heterocycles. The minimum Gasteiger partial charge on any atom is -0.493 e. The molecular weight excluding hydrogens is 534 g/mol. The van der Waals surface area contributed by atoms with E-state index >= 15 is 0 Å². The summed E-state index contributed by atoms with van der Waals surface area (Å²) in [6, 6.07) is 17.1. The van der Waals surface area contributed by atoms with Gasteiger partial charge in [0.1, 0.15) is 11.8 Å². The van der Waals surface area contributed by atoms with E-state index < -0.39 is 16.1 Å². The van der Waals surface area contributed by atoms with Crippen molar-refractivity contribution in [2.75, 3.05) is 13.2 Å². The van der Waals surface area contributed by atoms with Gasteiger partial charge in [-0.05, 0) is 60.5 Å². The van der Waals surface area contributed by atoms with Crippen molar-refractivity contribution in [2.45, 2.75) is 50.6 Å². The third-order valence-electron chi connectivity index (χ3n) is 6.38. The number of para-hydroxylation sites is 1. The van der Waals surface area contributed by atoms with Gasteiger partial charge in [-0.25, -0.2) is 8.42 Å². The van der Waals surface area contributed by atoms with Crippen LogP contribution in [0, 0.1) is 0 Å². The highest BCUT2D eigenvalue weighted by Crippen LogP contribution is 2.30. The molecule has 0 fully saturated rings. The van der Waals surface area contributed by atoms with Crippen LogP contribution in [0.25, 0.3) is 10.9 Å². The van der Waals surface area contributed by atoms with Crippen LogP contribution in [0.2, 0.25) is 0 Å². The summed E-state index contributed by atoms with van der Waals surface area (Å²) in [6.07, 6.45) is 2.91. The summed E-state index contributed by atoms with van der Waals surface area (Å²) in [6.45, 7) is 5.21. The number of carbonyl (C=O) groups excluding carboxylic acids is 1. The molecule has 0 saturated heterocycles. The number of benzene rings is 2. The number of aromatic amines is 1. The normalized spacial score (nSPS) is 12.4. The highest BCUT2D eigenvalue weighted by atomic mass is 32.2. The molecular formula is C29H33N3O5S2. The Morgan fingerprint density at radius 2 is 1.87 bits per heavy atom. The maximum absolute atomic E-state index is 14.0. The van der Waals surface area contributed by atoms with E-state index in [4.69, 9.17) is 4.74 Å². The Morgan fingerprint density at radius 3 is 2.62 bits per heavy atom. The summed E-state index contributed by atoms with van der Waals surface area (Å²) in [4.78, 5) is 31.0. The second kappa shape index (κ2) is 13.1. The maximum atomic E-state index is 14.0. The first-order valence-electron chi connectivity index (χ1n) is 13.0. The zero-order valence-corrected chi connectivity index (χ0v) is 23.7. The number of rotatable bonds is 13. The van der Waals surface area contributed by atoms with Gasteiger partial charge in [0.25, 0.3) is 0 Å². The number of amides is 1. The summed E-state index contributed by atoms with van der Waals surface area (Å²) >= 11 is 1.54. The van der Waals surface area contributed by atoms with Crippen LogP contribution in [0.5, 0.6) is 5.75 Å². The quantitative estimate of drug-likeness (QED) is 0.215. The van der Waals surface area contributed by atoms with Crippen molar-refractivity contribution >= 4 is 38.2 Å². The second-order valence-corrected chi connectivity index (χ2v) is 11.9. The lowest BCUT2D eigenvalue weighted by molar-refractivity contribution is -0.133. The van der Waals surface area contributed by atoms with Crippen LogP contribution in [0.4, 0.5) is 0 Å². The first-order chi connectivity index (χ1) is 18.8. The predicted octanol–water partition coefficient (Wildman–Crippen LogP) is 5.23. The third kappa shape index (κ3) is 7.14. The number of ether oxygens (including phenoxy) is 1. The van der Waals surface area contributed by atoms with Gasteiger partial charge in [0, 0.05) is 28.6 Å². The van der Waals surface area contributed by atoms with Crippen LogP contribution in [0.3, 0.4) is 0 Å². The van der Waals surface area contributed by atoms with Gasteiger partial charge in [0.05, 0.1) is 18.0 Å². The SMILES string of the molecule is CCCCCOc1ccccc1[C@@H](NS(=O)(=O)c1ccc2[nH]c(=O)ccc2c1)C(=O)N(CC)Cc1cccs1. The zero-order chi connectivity index (χ0) is 27.8. The molecule has 10 heteroatoms. The molecule has 2 aromatic carbocycles. The number of sulfonamides is 1. The van der Waals surface area contributed by atoms with Crippen molar-refractivity contribution in [2.24, 2.45) is 0 Å². The van der Waals surface area contributed by atoms with E-state index in [0.29, 0.717) is 41.9 Å². The molecule has 0 bridgehead atoms. The van der Waals surface area contributed by atoms with E-state index in [0.717, 1.165) is 24.1 Å². The molecule has 1 amide bonds. The van der Waals surface area contributed by atoms with Crippen molar-refractivity contribution in [3.63, 3.8) is 0 Å². The second-order valence-electron chi connectivity index (χ2n) is 9.15. The summed E-state index contributed by atoms with van der Waals surface area (Å²) in [7, 11) is -4.15.